The van der Waals surface area contributed by atoms with Crippen LogP contribution in [0.25, 0.3) is 5.69 Å². The number of rotatable bonds is 6. The Hall–Kier alpha value is -2.92. The maximum absolute atomic E-state index is 12.4. The van der Waals surface area contributed by atoms with Crippen molar-refractivity contribution in [2.24, 2.45) is 0 Å². The minimum Gasteiger partial charge on any atom is -0.367 e. The summed E-state index contributed by atoms with van der Waals surface area (Å²) in [5, 5.41) is 7.66. The Morgan fingerprint density at radius 3 is 2.39 bits per heavy atom. The average molecular weight is 377 g/mol. The van der Waals surface area contributed by atoms with Crippen molar-refractivity contribution in [3.05, 3.63) is 77.5 Å². The second kappa shape index (κ2) is 8.40. The third-order valence-electron chi connectivity index (χ3n) is 4.37. The van der Waals surface area contributed by atoms with Gasteiger partial charge in [-0.2, -0.15) is 5.10 Å². The molecular formula is C23H27N3O2. The quantitative estimate of drug-likeness (QED) is 0.681. The molecular weight excluding hydrogens is 350 g/mol. The number of hydrogen-bond acceptors (Lipinski definition) is 3. The lowest BCUT2D eigenvalue weighted by atomic mass is 9.92. The van der Waals surface area contributed by atoms with Crippen molar-refractivity contribution in [3.63, 3.8) is 0 Å². The molecule has 0 radical (unpaired) electrons. The van der Waals surface area contributed by atoms with Crippen molar-refractivity contribution >= 4 is 11.7 Å². The molecule has 3 aromatic rings. The first-order valence-corrected chi connectivity index (χ1v) is 9.42. The first-order valence-electron chi connectivity index (χ1n) is 9.42. The van der Waals surface area contributed by atoms with E-state index in [2.05, 4.69) is 26.1 Å². The van der Waals surface area contributed by atoms with Gasteiger partial charge < -0.3 is 10.1 Å². The minimum absolute atomic E-state index is 0.0151. The Kier molecular flexibility index (Phi) is 5.95. The molecule has 0 aliphatic rings. The first-order chi connectivity index (χ1) is 13.3. The molecule has 0 saturated carbocycles. The fourth-order valence-electron chi connectivity index (χ4n) is 2.73. The first kappa shape index (κ1) is 19.8. The van der Waals surface area contributed by atoms with Crippen LogP contribution in [0.4, 0.5) is 5.82 Å². The third-order valence-corrected chi connectivity index (χ3v) is 4.37. The molecule has 1 amide bonds. The molecule has 0 fully saturated rings. The van der Waals surface area contributed by atoms with E-state index in [0.717, 1.165) is 16.9 Å². The van der Waals surface area contributed by atoms with E-state index < -0.39 is 0 Å². The highest BCUT2D eigenvalue weighted by Crippen LogP contribution is 2.26. The van der Waals surface area contributed by atoms with Gasteiger partial charge in [-0.05, 0) is 24.6 Å². The molecule has 28 heavy (non-hydrogen) atoms. The van der Waals surface area contributed by atoms with Crippen LogP contribution >= 0.6 is 0 Å². The largest absolute Gasteiger partial charge is 0.367 e. The van der Waals surface area contributed by atoms with E-state index in [1.165, 1.54) is 5.56 Å². The number of anilines is 1. The maximum atomic E-state index is 12.4. The van der Waals surface area contributed by atoms with Crippen molar-refractivity contribution in [1.29, 1.82) is 0 Å². The normalized spacial score (nSPS) is 11.4. The molecule has 0 saturated heterocycles. The molecule has 1 heterocycles. The van der Waals surface area contributed by atoms with Gasteiger partial charge in [0, 0.05) is 11.5 Å². The maximum Gasteiger partial charge on any atom is 0.251 e. The summed E-state index contributed by atoms with van der Waals surface area (Å²) in [6, 6.07) is 19.8. The van der Waals surface area contributed by atoms with Crippen LogP contribution in [0.3, 0.4) is 0 Å². The highest BCUT2D eigenvalue weighted by Gasteiger charge is 2.21. The van der Waals surface area contributed by atoms with Crippen LogP contribution in [0.15, 0.2) is 60.7 Å². The van der Waals surface area contributed by atoms with Gasteiger partial charge in [0.15, 0.2) is 0 Å². The van der Waals surface area contributed by atoms with Crippen LogP contribution in [0, 0.1) is 6.92 Å². The van der Waals surface area contributed by atoms with E-state index in [-0.39, 0.29) is 17.9 Å². The molecule has 146 valence electrons. The summed E-state index contributed by atoms with van der Waals surface area (Å²) in [5.41, 5.74) is 3.90. The lowest BCUT2D eigenvalue weighted by molar-refractivity contribution is -0.121. The van der Waals surface area contributed by atoms with Crippen molar-refractivity contribution in [2.45, 2.75) is 39.7 Å². The van der Waals surface area contributed by atoms with Crippen LogP contribution in [-0.4, -0.2) is 22.3 Å². The minimum atomic E-state index is -0.204. The summed E-state index contributed by atoms with van der Waals surface area (Å²) in [4.78, 5) is 12.4. The second-order valence-electron chi connectivity index (χ2n) is 7.94. The predicted octanol–water partition coefficient (Wildman–Crippen LogP) is 4.63. The summed E-state index contributed by atoms with van der Waals surface area (Å²) in [6.45, 7) is 8.73. The standard InChI is InChI=1S/C23H27N3O2/c1-17-10-12-19(13-11-17)26-21(14-20(25-26)23(2,3)4)24-22(27)16-28-15-18-8-6-5-7-9-18/h5-14H,15-16H2,1-4H3,(H,24,27). The summed E-state index contributed by atoms with van der Waals surface area (Å²) in [6.07, 6.45) is 0. The molecule has 2 aromatic carbocycles. The summed E-state index contributed by atoms with van der Waals surface area (Å²) in [5.74, 6) is 0.437. The number of aryl methyl sites for hydroxylation is 1. The van der Waals surface area contributed by atoms with Crippen molar-refractivity contribution in [1.82, 2.24) is 9.78 Å². The molecule has 1 aromatic heterocycles. The lowest BCUT2D eigenvalue weighted by Crippen LogP contribution is -2.20. The molecule has 0 atom stereocenters. The number of carbonyl (C=O) groups is 1. The van der Waals surface area contributed by atoms with Gasteiger partial charge in [-0.1, -0.05) is 68.8 Å². The number of carbonyl (C=O) groups excluding carboxylic acids is 1. The van der Waals surface area contributed by atoms with E-state index in [1.807, 2.05) is 67.6 Å². The number of nitrogens with one attached hydrogen (secondary N) is 1. The Bertz CT molecular complexity index is 923. The average Bonchev–Trinajstić information content (AvgIpc) is 3.07. The van der Waals surface area contributed by atoms with E-state index in [0.29, 0.717) is 12.4 Å². The summed E-state index contributed by atoms with van der Waals surface area (Å²) < 4.78 is 7.32. The van der Waals surface area contributed by atoms with Gasteiger partial charge >= 0.3 is 0 Å². The zero-order chi connectivity index (χ0) is 20.1. The van der Waals surface area contributed by atoms with Gasteiger partial charge in [0.05, 0.1) is 18.0 Å². The molecule has 0 bridgehead atoms. The Labute approximate surface area is 166 Å². The number of amides is 1. The van der Waals surface area contributed by atoms with Gasteiger partial charge in [0.2, 0.25) is 0 Å². The van der Waals surface area contributed by atoms with E-state index in [1.54, 1.807) is 4.68 Å². The lowest BCUT2D eigenvalue weighted by Gasteiger charge is -2.14. The van der Waals surface area contributed by atoms with Gasteiger partial charge in [0.25, 0.3) is 5.91 Å². The Morgan fingerprint density at radius 1 is 1.07 bits per heavy atom. The smallest absolute Gasteiger partial charge is 0.251 e. The highest BCUT2D eigenvalue weighted by atomic mass is 16.5. The molecule has 0 aliphatic heterocycles. The number of aromatic nitrogens is 2. The Balaban J connectivity index is 1.73. The van der Waals surface area contributed by atoms with Crippen LogP contribution in [0.2, 0.25) is 0 Å². The summed E-state index contributed by atoms with van der Waals surface area (Å²) >= 11 is 0. The van der Waals surface area contributed by atoms with Crippen molar-refractivity contribution in [3.8, 4) is 5.69 Å². The fourth-order valence-corrected chi connectivity index (χ4v) is 2.73. The third kappa shape index (κ3) is 5.08. The highest BCUT2D eigenvalue weighted by molar-refractivity contribution is 5.91. The molecule has 1 N–H and O–H groups in total. The molecule has 5 nitrogen and oxygen atoms in total. The molecule has 3 rings (SSSR count). The molecule has 0 unspecified atom stereocenters. The molecule has 5 heteroatoms. The van der Waals surface area contributed by atoms with Crippen LogP contribution < -0.4 is 5.32 Å². The number of hydrogen-bond donors (Lipinski definition) is 1. The van der Waals surface area contributed by atoms with Crippen LogP contribution in [0.1, 0.15) is 37.6 Å². The van der Waals surface area contributed by atoms with Gasteiger partial charge in [-0.25, -0.2) is 4.68 Å². The van der Waals surface area contributed by atoms with E-state index in [9.17, 15) is 4.79 Å². The van der Waals surface area contributed by atoms with Gasteiger partial charge in [-0.15, -0.1) is 0 Å². The zero-order valence-electron chi connectivity index (χ0n) is 16.9. The van der Waals surface area contributed by atoms with E-state index >= 15 is 0 Å². The molecule has 0 aliphatic carbocycles. The van der Waals surface area contributed by atoms with Crippen LogP contribution in [0.5, 0.6) is 0 Å². The fraction of sp³-hybridized carbons (Fsp3) is 0.304. The topological polar surface area (TPSA) is 56.2 Å². The zero-order valence-corrected chi connectivity index (χ0v) is 16.9. The van der Waals surface area contributed by atoms with Crippen LogP contribution in [-0.2, 0) is 21.6 Å². The Morgan fingerprint density at radius 2 is 1.75 bits per heavy atom. The van der Waals surface area contributed by atoms with Gasteiger partial charge in [0.1, 0.15) is 12.4 Å². The summed E-state index contributed by atoms with van der Waals surface area (Å²) in [7, 11) is 0. The number of nitrogens with zero attached hydrogens (tertiary/aromatic N) is 2. The van der Waals surface area contributed by atoms with E-state index in [4.69, 9.17) is 9.84 Å². The van der Waals surface area contributed by atoms with Crippen molar-refractivity contribution < 1.29 is 9.53 Å². The van der Waals surface area contributed by atoms with Gasteiger partial charge in [-0.3, -0.25) is 4.79 Å². The molecule has 0 spiro atoms. The second-order valence-corrected chi connectivity index (χ2v) is 7.94. The monoisotopic (exact) mass is 377 g/mol. The predicted molar refractivity (Wildman–Crippen MR) is 112 cm³/mol. The number of ether oxygens (including phenoxy) is 1. The SMILES string of the molecule is Cc1ccc(-n2nc(C(C)(C)C)cc2NC(=O)COCc2ccccc2)cc1. The van der Waals surface area contributed by atoms with Crippen molar-refractivity contribution in [2.75, 3.05) is 11.9 Å². The number of benzene rings is 2.